The fourth-order valence-electron chi connectivity index (χ4n) is 3.16. The molecule has 176 valence electrons. The maximum absolute atomic E-state index is 13.2. The van der Waals surface area contributed by atoms with Crippen molar-refractivity contribution in [2.75, 3.05) is 6.54 Å². The van der Waals surface area contributed by atoms with Gasteiger partial charge in [-0.05, 0) is 37.8 Å². The highest BCUT2D eigenvalue weighted by Crippen LogP contribution is 2.25. The van der Waals surface area contributed by atoms with Gasteiger partial charge in [-0.2, -0.15) is 0 Å². The van der Waals surface area contributed by atoms with Gasteiger partial charge in [0, 0.05) is 6.54 Å². The van der Waals surface area contributed by atoms with E-state index in [0.29, 0.717) is 6.42 Å². The number of hydrogen-bond acceptors (Lipinski definition) is 4. The molecule has 0 aliphatic heterocycles. The molecule has 0 fully saturated rings. The fraction of sp³-hybridized carbons (Fsp3) is 0.333. The number of carbonyl (C=O) groups excluding carboxylic acids is 2. The Morgan fingerprint density at radius 2 is 1.39 bits per heavy atom. The predicted molar refractivity (Wildman–Crippen MR) is 126 cm³/mol. The first-order chi connectivity index (χ1) is 15.6. The van der Waals surface area contributed by atoms with Crippen LogP contribution in [-0.2, 0) is 14.4 Å². The molecule has 2 aromatic carbocycles. The molecule has 1 atom stereocenters. The Balaban J connectivity index is 2.14. The number of nitrogens with zero attached hydrogens (tertiary/aromatic N) is 1. The monoisotopic (exact) mass is 453 g/mol. The molecular weight excluding hydrogens is 422 g/mol. The van der Waals surface area contributed by atoms with Gasteiger partial charge in [-0.3, -0.25) is 14.6 Å². The predicted octanol–water partition coefficient (Wildman–Crippen LogP) is 1.54. The topological polar surface area (TPSA) is 160 Å². The minimum Gasteiger partial charge on any atom is -0.480 e. The van der Waals surface area contributed by atoms with E-state index in [-0.39, 0.29) is 18.9 Å². The number of carbonyl (C=O) groups is 3. The lowest BCUT2D eigenvalue weighted by Gasteiger charge is -2.28. The van der Waals surface area contributed by atoms with Crippen LogP contribution in [0.25, 0.3) is 0 Å². The minimum atomic E-state index is -1.52. The number of nitrogens with two attached hydrogens (primary N) is 2. The smallest absolute Gasteiger partial charge is 0.326 e. The summed E-state index contributed by atoms with van der Waals surface area (Å²) in [6, 6.07) is 17.2. The van der Waals surface area contributed by atoms with Gasteiger partial charge in [0.2, 0.25) is 11.8 Å². The zero-order valence-electron chi connectivity index (χ0n) is 18.8. The van der Waals surface area contributed by atoms with Crippen molar-refractivity contribution in [2.24, 2.45) is 21.9 Å². The van der Waals surface area contributed by atoms with Gasteiger partial charge < -0.3 is 27.2 Å². The van der Waals surface area contributed by atoms with E-state index in [0.717, 1.165) is 11.1 Å². The first-order valence-corrected chi connectivity index (χ1v) is 10.6. The molecule has 0 saturated carbocycles. The van der Waals surface area contributed by atoms with Crippen molar-refractivity contribution < 1.29 is 19.5 Å². The Labute approximate surface area is 193 Å². The summed E-state index contributed by atoms with van der Waals surface area (Å²) in [5.41, 5.74) is 10.7. The van der Waals surface area contributed by atoms with Crippen LogP contribution in [0.2, 0.25) is 0 Å². The number of carboxylic acids is 1. The van der Waals surface area contributed by atoms with Crippen LogP contribution in [0.4, 0.5) is 0 Å². The number of hydrogen-bond donors (Lipinski definition) is 5. The third-order valence-corrected chi connectivity index (χ3v) is 5.23. The molecule has 0 radical (unpaired) electrons. The number of guanidine groups is 1. The van der Waals surface area contributed by atoms with Crippen LogP contribution in [0.5, 0.6) is 0 Å². The van der Waals surface area contributed by atoms with Crippen molar-refractivity contribution >= 4 is 23.7 Å². The normalized spacial score (nSPS) is 12.0. The molecule has 0 aliphatic carbocycles. The number of nitrogens with one attached hydrogen (secondary N) is 2. The molecule has 0 bridgehead atoms. The molecule has 0 saturated heterocycles. The summed E-state index contributed by atoms with van der Waals surface area (Å²) < 4.78 is 0. The van der Waals surface area contributed by atoms with E-state index < -0.39 is 35.3 Å². The summed E-state index contributed by atoms with van der Waals surface area (Å²) in [6.07, 6.45) is 0.470. The van der Waals surface area contributed by atoms with Gasteiger partial charge in [-0.15, -0.1) is 0 Å². The van der Waals surface area contributed by atoms with Crippen LogP contribution >= 0.6 is 0 Å². The lowest BCUT2D eigenvalue weighted by Crippen LogP contribution is -2.52. The van der Waals surface area contributed by atoms with Gasteiger partial charge in [0.1, 0.15) is 11.5 Å². The molecule has 9 heteroatoms. The number of aliphatic carboxylic acids is 1. The molecule has 33 heavy (non-hydrogen) atoms. The van der Waals surface area contributed by atoms with E-state index in [2.05, 4.69) is 15.6 Å². The van der Waals surface area contributed by atoms with Gasteiger partial charge in [-0.25, -0.2) is 4.79 Å². The molecule has 2 rings (SSSR count). The SMILES string of the molecule is CC(C)(C(=O)NC(c1ccccc1)c1ccccc1)C(=O)N[C@@H](CCCN=C(N)N)C(=O)O. The second-order valence-electron chi connectivity index (χ2n) is 8.17. The Kier molecular flexibility index (Phi) is 8.97. The molecule has 9 nitrogen and oxygen atoms in total. The third-order valence-electron chi connectivity index (χ3n) is 5.23. The maximum Gasteiger partial charge on any atom is 0.326 e. The number of rotatable bonds is 11. The van der Waals surface area contributed by atoms with Gasteiger partial charge in [0.15, 0.2) is 5.96 Å². The molecule has 2 amide bonds. The van der Waals surface area contributed by atoms with Crippen molar-refractivity contribution in [3.63, 3.8) is 0 Å². The van der Waals surface area contributed by atoms with Gasteiger partial charge in [0.25, 0.3) is 0 Å². The van der Waals surface area contributed by atoms with Crippen LogP contribution in [-0.4, -0.2) is 41.4 Å². The highest BCUT2D eigenvalue weighted by Gasteiger charge is 2.39. The van der Waals surface area contributed by atoms with Gasteiger partial charge in [0.05, 0.1) is 6.04 Å². The zero-order valence-corrected chi connectivity index (χ0v) is 18.8. The first kappa shape index (κ1) is 25.4. The molecule has 0 aromatic heterocycles. The summed E-state index contributed by atoms with van der Waals surface area (Å²) in [4.78, 5) is 41.5. The average Bonchev–Trinajstić information content (AvgIpc) is 2.79. The molecule has 0 aliphatic rings. The van der Waals surface area contributed by atoms with Crippen LogP contribution in [0, 0.1) is 5.41 Å². The summed E-state index contributed by atoms with van der Waals surface area (Å²) in [5, 5.41) is 14.9. The zero-order chi connectivity index (χ0) is 24.4. The molecule has 0 unspecified atom stereocenters. The highest BCUT2D eigenvalue weighted by atomic mass is 16.4. The van der Waals surface area contributed by atoms with Gasteiger partial charge in [-0.1, -0.05) is 60.7 Å². The summed E-state index contributed by atoms with van der Waals surface area (Å²) in [5.74, 6) is -2.50. The number of amides is 2. The highest BCUT2D eigenvalue weighted by molar-refractivity contribution is 6.05. The lowest BCUT2D eigenvalue weighted by atomic mass is 9.88. The molecule has 0 heterocycles. The summed E-state index contributed by atoms with van der Waals surface area (Å²) in [6.45, 7) is 3.16. The van der Waals surface area contributed by atoms with E-state index >= 15 is 0 Å². The molecule has 2 aromatic rings. The Hall–Kier alpha value is -3.88. The number of benzene rings is 2. The second kappa shape index (κ2) is 11.7. The van der Waals surface area contributed by atoms with Crippen molar-refractivity contribution in [3.8, 4) is 0 Å². The van der Waals surface area contributed by atoms with Crippen LogP contribution in [0.3, 0.4) is 0 Å². The third kappa shape index (κ3) is 7.34. The van der Waals surface area contributed by atoms with Crippen molar-refractivity contribution in [1.29, 1.82) is 0 Å². The molecule has 7 N–H and O–H groups in total. The number of aliphatic imine (C=N–C) groups is 1. The van der Waals surface area contributed by atoms with Crippen molar-refractivity contribution in [1.82, 2.24) is 10.6 Å². The van der Waals surface area contributed by atoms with Gasteiger partial charge >= 0.3 is 5.97 Å². The van der Waals surface area contributed by atoms with Crippen molar-refractivity contribution in [2.45, 2.75) is 38.8 Å². The molecule has 0 spiro atoms. The van der Waals surface area contributed by atoms with E-state index in [1.807, 2.05) is 60.7 Å². The van der Waals surface area contributed by atoms with Crippen LogP contribution in [0.1, 0.15) is 43.9 Å². The maximum atomic E-state index is 13.2. The largest absolute Gasteiger partial charge is 0.480 e. The lowest BCUT2D eigenvalue weighted by molar-refractivity contribution is -0.147. The van der Waals surface area contributed by atoms with E-state index in [1.165, 1.54) is 13.8 Å². The van der Waals surface area contributed by atoms with Crippen LogP contribution < -0.4 is 22.1 Å². The second-order valence-corrected chi connectivity index (χ2v) is 8.17. The molecular formula is C24H31N5O4. The minimum absolute atomic E-state index is 0.0879. The van der Waals surface area contributed by atoms with Crippen LogP contribution in [0.15, 0.2) is 65.7 Å². The Bertz CT molecular complexity index is 933. The van der Waals surface area contributed by atoms with E-state index in [1.54, 1.807) is 0 Å². The quantitative estimate of drug-likeness (QED) is 0.150. The number of carboxylic acid groups (broad SMARTS) is 1. The van der Waals surface area contributed by atoms with E-state index in [4.69, 9.17) is 11.5 Å². The fourth-order valence-corrected chi connectivity index (χ4v) is 3.16. The van der Waals surface area contributed by atoms with Crippen molar-refractivity contribution in [3.05, 3.63) is 71.8 Å². The average molecular weight is 454 g/mol. The summed E-state index contributed by atoms with van der Waals surface area (Å²) in [7, 11) is 0. The first-order valence-electron chi connectivity index (χ1n) is 10.6. The standard InChI is InChI=1S/C24H31N5O4/c1-24(2,21(32)28-18(20(30)31)14-9-15-27-23(25)26)22(33)29-19(16-10-5-3-6-11-16)17-12-7-4-8-13-17/h3-8,10-13,18-19H,9,14-15H2,1-2H3,(H,28,32)(H,29,33)(H,30,31)(H4,25,26,27)/t18-/m0/s1. The Morgan fingerprint density at radius 3 is 1.85 bits per heavy atom. The summed E-state index contributed by atoms with van der Waals surface area (Å²) >= 11 is 0. The van der Waals surface area contributed by atoms with E-state index in [9.17, 15) is 19.5 Å². The Morgan fingerprint density at radius 1 is 0.909 bits per heavy atom.